The van der Waals surface area contributed by atoms with Crippen molar-refractivity contribution >= 4 is 25.1 Å². The fourth-order valence-electron chi connectivity index (χ4n) is 4.73. The van der Waals surface area contributed by atoms with Gasteiger partial charge in [-0.25, -0.2) is 0 Å². The van der Waals surface area contributed by atoms with Crippen molar-refractivity contribution in [2.24, 2.45) is 0 Å². The molecule has 3 aromatic rings. The zero-order chi connectivity index (χ0) is 24.7. The van der Waals surface area contributed by atoms with E-state index in [9.17, 15) is 4.57 Å². The van der Waals surface area contributed by atoms with Crippen LogP contribution in [0.15, 0.2) is 78.9 Å². The van der Waals surface area contributed by atoms with Gasteiger partial charge < -0.3 is 13.9 Å². The average molecular weight is 490 g/mol. The first-order valence-corrected chi connectivity index (χ1v) is 14.4. The van der Waals surface area contributed by atoms with Crippen LogP contribution in [0.3, 0.4) is 0 Å². The van der Waals surface area contributed by atoms with E-state index in [1.54, 1.807) is 0 Å². The number of rotatable bonds is 11. The van der Waals surface area contributed by atoms with E-state index >= 15 is 0 Å². The van der Waals surface area contributed by atoms with Gasteiger partial charge in [0.15, 0.2) is 5.78 Å². The summed E-state index contributed by atoms with van der Waals surface area (Å²) in [6.07, 6.45) is 6.95. The second-order valence-corrected chi connectivity index (χ2v) is 10.9. The Balaban J connectivity index is 1.86. The first-order valence-electron chi connectivity index (χ1n) is 12.7. The molecule has 0 bridgehead atoms. The van der Waals surface area contributed by atoms with Crippen LogP contribution < -0.4 is 4.90 Å². The predicted molar refractivity (Wildman–Crippen MR) is 147 cm³/mol. The molecule has 1 heterocycles. The highest BCUT2D eigenvalue weighted by Gasteiger charge is 2.45. The Morgan fingerprint density at radius 2 is 1.46 bits per heavy atom. The molecule has 1 atom stereocenters. The lowest BCUT2D eigenvalue weighted by Gasteiger charge is -2.42. The third-order valence-corrected chi connectivity index (χ3v) is 8.69. The highest BCUT2D eigenvalue weighted by Crippen LogP contribution is 2.65. The minimum Gasteiger partial charge on any atom is -0.322 e. The maximum Gasteiger partial charge on any atom is 0.357 e. The van der Waals surface area contributed by atoms with Gasteiger partial charge in [0.2, 0.25) is 0 Å². The van der Waals surface area contributed by atoms with Gasteiger partial charge in [-0.2, -0.15) is 0 Å². The summed E-state index contributed by atoms with van der Waals surface area (Å²) < 4.78 is 26.3. The van der Waals surface area contributed by atoms with Gasteiger partial charge in [0.25, 0.3) is 0 Å². The van der Waals surface area contributed by atoms with Crippen LogP contribution in [-0.4, -0.2) is 13.2 Å². The van der Waals surface area contributed by atoms with Crippen molar-refractivity contribution in [1.82, 2.24) is 0 Å². The van der Waals surface area contributed by atoms with E-state index in [4.69, 9.17) is 9.05 Å². The van der Waals surface area contributed by atoms with E-state index in [2.05, 4.69) is 60.4 Å². The van der Waals surface area contributed by atoms with Crippen LogP contribution in [0.4, 0.5) is 5.69 Å². The number of para-hydroxylation sites is 1. The highest BCUT2D eigenvalue weighted by molar-refractivity contribution is 7.54. The summed E-state index contributed by atoms with van der Waals surface area (Å²) in [7, 11) is -3.55. The lowest BCUT2D eigenvalue weighted by atomic mass is 9.96. The maximum absolute atomic E-state index is 14.4. The van der Waals surface area contributed by atoms with Crippen LogP contribution in [0.25, 0.3) is 11.8 Å². The molecule has 0 spiro atoms. The zero-order valence-corrected chi connectivity index (χ0v) is 21.9. The minimum atomic E-state index is -3.55. The molecular weight excluding hydrogens is 453 g/mol. The number of unbranched alkanes of at least 4 members (excludes halogenated alkanes) is 2. The predicted octanol–water partition coefficient (Wildman–Crippen LogP) is 8.70. The second-order valence-electron chi connectivity index (χ2n) is 8.77. The molecule has 1 unspecified atom stereocenters. The second kappa shape index (κ2) is 11.9. The van der Waals surface area contributed by atoms with Crippen molar-refractivity contribution in [2.45, 2.75) is 52.2 Å². The fourth-order valence-corrected chi connectivity index (χ4v) is 6.92. The molecule has 1 aliphatic rings. The van der Waals surface area contributed by atoms with E-state index in [1.807, 2.05) is 50.2 Å². The van der Waals surface area contributed by atoms with Crippen molar-refractivity contribution in [3.05, 3.63) is 101 Å². The summed E-state index contributed by atoms with van der Waals surface area (Å²) in [5, 5.41) is 0. The SMILES string of the molecule is CCCCCc1ccc(C2=Cc3ccccc3C(P(=O)(OCC)OCC)N2c2ccccc2)cc1. The topological polar surface area (TPSA) is 38.8 Å². The Hall–Kier alpha value is -2.65. The summed E-state index contributed by atoms with van der Waals surface area (Å²) >= 11 is 0. The standard InChI is InChI=1S/C30H36NO3P/c1-4-7-9-14-24-19-21-25(22-20-24)29-23-26-15-12-13-18-28(26)30(35(32,33-5-2)34-6-3)31(29)27-16-10-8-11-17-27/h8,10-13,15-23,30H,4-7,9,14H2,1-3H3. The Labute approximate surface area is 210 Å². The van der Waals surface area contributed by atoms with Gasteiger partial charge in [-0.1, -0.05) is 86.5 Å². The first kappa shape index (κ1) is 25.4. The lowest BCUT2D eigenvalue weighted by molar-refractivity contribution is 0.212. The van der Waals surface area contributed by atoms with Crippen LogP contribution in [0, 0.1) is 0 Å². The average Bonchev–Trinajstić information content (AvgIpc) is 2.89. The summed E-state index contributed by atoms with van der Waals surface area (Å²) in [5.41, 5.74) is 6.33. The van der Waals surface area contributed by atoms with E-state index in [-0.39, 0.29) is 0 Å². The molecule has 0 amide bonds. The van der Waals surface area contributed by atoms with Gasteiger partial charge in [0.05, 0.1) is 18.9 Å². The van der Waals surface area contributed by atoms with Crippen LogP contribution in [-0.2, 0) is 20.0 Å². The molecule has 0 N–H and O–H groups in total. The molecule has 0 aliphatic carbocycles. The van der Waals surface area contributed by atoms with Crippen LogP contribution >= 0.6 is 7.60 Å². The number of anilines is 1. The Morgan fingerprint density at radius 3 is 2.11 bits per heavy atom. The number of fused-ring (bicyclic) bond motifs is 1. The molecule has 184 valence electrons. The van der Waals surface area contributed by atoms with Crippen molar-refractivity contribution in [1.29, 1.82) is 0 Å². The maximum atomic E-state index is 14.4. The summed E-state index contributed by atoms with van der Waals surface area (Å²) in [6.45, 7) is 6.57. The Kier molecular flexibility index (Phi) is 8.62. The molecule has 0 fully saturated rings. The molecular formula is C30H36NO3P. The van der Waals surface area contributed by atoms with Gasteiger partial charge in [0, 0.05) is 5.69 Å². The third kappa shape index (κ3) is 5.62. The van der Waals surface area contributed by atoms with Crippen molar-refractivity contribution < 1.29 is 13.6 Å². The number of benzene rings is 3. The molecule has 4 nitrogen and oxygen atoms in total. The lowest BCUT2D eigenvalue weighted by Crippen LogP contribution is -2.31. The fraction of sp³-hybridized carbons (Fsp3) is 0.333. The summed E-state index contributed by atoms with van der Waals surface area (Å²) in [4.78, 5) is 2.14. The molecule has 0 aromatic heterocycles. The summed E-state index contributed by atoms with van der Waals surface area (Å²) in [6, 6.07) is 27.0. The number of hydrogen-bond donors (Lipinski definition) is 0. The number of aryl methyl sites for hydroxylation is 1. The van der Waals surface area contributed by atoms with Gasteiger partial charge in [0.1, 0.15) is 0 Å². The van der Waals surface area contributed by atoms with Gasteiger partial charge in [-0.15, -0.1) is 0 Å². The van der Waals surface area contributed by atoms with E-state index in [1.165, 1.54) is 24.8 Å². The van der Waals surface area contributed by atoms with Crippen molar-refractivity contribution in [2.75, 3.05) is 18.1 Å². The summed E-state index contributed by atoms with van der Waals surface area (Å²) in [5.74, 6) is -0.592. The van der Waals surface area contributed by atoms with Gasteiger partial charge in [-0.3, -0.25) is 4.57 Å². The zero-order valence-electron chi connectivity index (χ0n) is 21.0. The van der Waals surface area contributed by atoms with Crippen LogP contribution in [0.1, 0.15) is 68.1 Å². The highest BCUT2D eigenvalue weighted by atomic mass is 31.2. The van der Waals surface area contributed by atoms with Crippen LogP contribution in [0.2, 0.25) is 0 Å². The van der Waals surface area contributed by atoms with E-state index < -0.39 is 13.4 Å². The Bertz CT molecular complexity index is 1160. The van der Waals surface area contributed by atoms with Crippen LogP contribution in [0.5, 0.6) is 0 Å². The molecule has 4 rings (SSSR count). The monoisotopic (exact) mass is 489 g/mol. The quantitative estimate of drug-likeness (QED) is 0.199. The smallest absolute Gasteiger partial charge is 0.322 e. The first-order chi connectivity index (χ1) is 17.1. The van der Waals surface area contributed by atoms with Gasteiger partial charge >= 0.3 is 7.60 Å². The number of nitrogens with zero attached hydrogens (tertiary/aromatic N) is 1. The molecule has 0 radical (unpaired) electrons. The molecule has 0 saturated carbocycles. The van der Waals surface area contributed by atoms with Crippen molar-refractivity contribution in [3.8, 4) is 0 Å². The molecule has 1 aliphatic heterocycles. The third-order valence-electron chi connectivity index (χ3n) is 6.34. The van der Waals surface area contributed by atoms with Crippen molar-refractivity contribution in [3.63, 3.8) is 0 Å². The number of hydrogen-bond acceptors (Lipinski definition) is 4. The molecule has 0 saturated heterocycles. The minimum absolute atomic E-state index is 0.310. The van der Waals surface area contributed by atoms with E-state index in [0.717, 1.165) is 34.5 Å². The van der Waals surface area contributed by atoms with E-state index in [0.29, 0.717) is 13.2 Å². The molecule has 3 aromatic carbocycles. The molecule has 5 heteroatoms. The van der Waals surface area contributed by atoms with Gasteiger partial charge in [-0.05, 0) is 67.2 Å². The Morgan fingerprint density at radius 1 is 0.800 bits per heavy atom. The normalized spacial score (nSPS) is 15.6. The largest absolute Gasteiger partial charge is 0.357 e. The molecule has 35 heavy (non-hydrogen) atoms.